The predicted molar refractivity (Wildman–Crippen MR) is 69.2 cm³/mol. The minimum atomic E-state index is 0.619. The summed E-state index contributed by atoms with van der Waals surface area (Å²) < 4.78 is 8.25. The van der Waals surface area contributed by atoms with Crippen molar-refractivity contribution in [1.82, 2.24) is 20.2 Å². The first-order chi connectivity index (χ1) is 8.25. The Balaban J connectivity index is 1.75. The number of thioether (sulfide) groups is 1. The number of aryl methyl sites for hydroxylation is 1. The molecule has 0 radical (unpaired) electrons. The Kier molecular flexibility index (Phi) is 4.38. The van der Waals surface area contributed by atoms with E-state index in [0.29, 0.717) is 6.61 Å². The van der Waals surface area contributed by atoms with Crippen LogP contribution in [0.15, 0.2) is 33.9 Å². The molecule has 0 saturated carbocycles. The van der Waals surface area contributed by atoms with Crippen molar-refractivity contribution in [1.29, 1.82) is 0 Å². The van der Waals surface area contributed by atoms with Crippen LogP contribution in [0.1, 0.15) is 0 Å². The molecule has 0 aliphatic heterocycles. The zero-order valence-corrected chi connectivity index (χ0v) is 11.6. The molecule has 0 fully saturated rings. The summed E-state index contributed by atoms with van der Waals surface area (Å²) in [6, 6.07) is 7.78. The lowest BCUT2D eigenvalue weighted by molar-refractivity contribution is 0.343. The summed E-state index contributed by atoms with van der Waals surface area (Å²) in [5, 5.41) is 12.0. The van der Waals surface area contributed by atoms with Crippen molar-refractivity contribution in [3.8, 4) is 5.75 Å². The molecule has 0 atom stereocenters. The summed E-state index contributed by atoms with van der Waals surface area (Å²) in [4.78, 5) is 0. The van der Waals surface area contributed by atoms with Gasteiger partial charge in [0.15, 0.2) is 0 Å². The van der Waals surface area contributed by atoms with Crippen LogP contribution >= 0.6 is 27.7 Å². The van der Waals surface area contributed by atoms with E-state index in [9.17, 15) is 0 Å². The molecule has 0 amide bonds. The van der Waals surface area contributed by atoms with E-state index in [4.69, 9.17) is 4.74 Å². The molecule has 17 heavy (non-hydrogen) atoms. The van der Waals surface area contributed by atoms with Crippen molar-refractivity contribution in [2.45, 2.75) is 5.16 Å². The quantitative estimate of drug-likeness (QED) is 0.625. The normalized spacial score (nSPS) is 10.5. The maximum absolute atomic E-state index is 5.60. The molecular weight excluding hydrogens is 304 g/mol. The number of benzene rings is 1. The van der Waals surface area contributed by atoms with Gasteiger partial charge in [-0.05, 0) is 28.6 Å². The largest absolute Gasteiger partial charge is 0.493 e. The third-order valence-corrected chi connectivity index (χ3v) is 3.43. The van der Waals surface area contributed by atoms with Gasteiger partial charge < -0.3 is 4.74 Å². The molecule has 0 spiro atoms. The van der Waals surface area contributed by atoms with Crippen LogP contribution in [-0.4, -0.2) is 32.6 Å². The number of hydrogen-bond acceptors (Lipinski definition) is 5. The average molecular weight is 315 g/mol. The van der Waals surface area contributed by atoms with Crippen molar-refractivity contribution < 1.29 is 4.74 Å². The molecule has 2 aromatic rings. The Labute approximate surface area is 112 Å². The summed E-state index contributed by atoms with van der Waals surface area (Å²) in [7, 11) is 1.82. The lowest BCUT2D eigenvalue weighted by Gasteiger charge is -2.05. The molecule has 5 nitrogen and oxygen atoms in total. The number of tetrazole rings is 1. The molecule has 90 valence electrons. The van der Waals surface area contributed by atoms with Crippen molar-refractivity contribution in [2.24, 2.45) is 7.05 Å². The first kappa shape index (κ1) is 12.4. The minimum absolute atomic E-state index is 0.619. The molecule has 0 aliphatic carbocycles. The Morgan fingerprint density at radius 2 is 2.35 bits per heavy atom. The van der Waals surface area contributed by atoms with Crippen LogP contribution in [0.25, 0.3) is 0 Å². The van der Waals surface area contributed by atoms with Crippen LogP contribution in [0.5, 0.6) is 5.75 Å². The summed E-state index contributed by atoms with van der Waals surface area (Å²) in [5.41, 5.74) is 0. The highest BCUT2D eigenvalue weighted by atomic mass is 79.9. The van der Waals surface area contributed by atoms with Crippen LogP contribution in [-0.2, 0) is 7.05 Å². The van der Waals surface area contributed by atoms with E-state index in [1.807, 2.05) is 31.3 Å². The van der Waals surface area contributed by atoms with E-state index in [2.05, 4.69) is 31.5 Å². The SMILES string of the molecule is Cn1nnnc1SCCOc1cccc(Br)c1. The van der Waals surface area contributed by atoms with Crippen LogP contribution in [0.3, 0.4) is 0 Å². The van der Waals surface area contributed by atoms with Crippen molar-refractivity contribution in [3.63, 3.8) is 0 Å². The molecule has 1 aromatic heterocycles. The number of rotatable bonds is 5. The lowest BCUT2D eigenvalue weighted by Crippen LogP contribution is -2.01. The Bertz CT molecular complexity index is 491. The van der Waals surface area contributed by atoms with E-state index >= 15 is 0 Å². The molecule has 0 bridgehead atoms. The zero-order chi connectivity index (χ0) is 12.1. The summed E-state index contributed by atoms with van der Waals surface area (Å²) in [6.45, 7) is 0.619. The van der Waals surface area contributed by atoms with Crippen LogP contribution < -0.4 is 4.74 Å². The van der Waals surface area contributed by atoms with Gasteiger partial charge in [-0.1, -0.05) is 33.8 Å². The van der Waals surface area contributed by atoms with Gasteiger partial charge in [-0.2, -0.15) is 0 Å². The van der Waals surface area contributed by atoms with Gasteiger partial charge in [0, 0.05) is 17.3 Å². The van der Waals surface area contributed by atoms with Crippen LogP contribution in [0, 0.1) is 0 Å². The van der Waals surface area contributed by atoms with Gasteiger partial charge in [0.1, 0.15) is 5.75 Å². The van der Waals surface area contributed by atoms with Crippen molar-refractivity contribution in [3.05, 3.63) is 28.7 Å². The van der Waals surface area contributed by atoms with Gasteiger partial charge in [-0.15, -0.1) is 5.10 Å². The lowest BCUT2D eigenvalue weighted by atomic mass is 10.3. The summed E-state index contributed by atoms with van der Waals surface area (Å²) in [6.07, 6.45) is 0. The molecule has 1 heterocycles. The third-order valence-electron chi connectivity index (χ3n) is 1.96. The fourth-order valence-corrected chi connectivity index (χ4v) is 2.24. The molecule has 1 aromatic carbocycles. The van der Waals surface area contributed by atoms with E-state index in [1.165, 1.54) is 0 Å². The maximum Gasteiger partial charge on any atom is 0.209 e. The Morgan fingerprint density at radius 3 is 3.06 bits per heavy atom. The Hall–Kier alpha value is -1.08. The zero-order valence-electron chi connectivity index (χ0n) is 9.21. The van der Waals surface area contributed by atoms with Crippen molar-refractivity contribution >= 4 is 27.7 Å². The average Bonchev–Trinajstić information content (AvgIpc) is 2.71. The fraction of sp³-hybridized carbons (Fsp3) is 0.300. The number of aromatic nitrogens is 4. The van der Waals surface area contributed by atoms with Gasteiger partial charge in [0.2, 0.25) is 5.16 Å². The smallest absolute Gasteiger partial charge is 0.209 e. The maximum atomic E-state index is 5.60. The number of hydrogen-bond donors (Lipinski definition) is 0. The molecular formula is C10H11BrN4OS. The highest BCUT2D eigenvalue weighted by molar-refractivity contribution is 9.10. The van der Waals surface area contributed by atoms with Gasteiger partial charge in [-0.25, -0.2) is 4.68 Å². The highest BCUT2D eigenvalue weighted by Gasteiger charge is 2.02. The third kappa shape index (κ3) is 3.71. The molecule has 2 rings (SSSR count). The number of halogens is 1. The summed E-state index contributed by atoms with van der Waals surface area (Å²) >= 11 is 4.96. The van der Waals surface area contributed by atoms with Gasteiger partial charge >= 0.3 is 0 Å². The summed E-state index contributed by atoms with van der Waals surface area (Å²) in [5.74, 6) is 1.66. The molecule has 0 saturated heterocycles. The van der Waals surface area contributed by atoms with E-state index in [1.54, 1.807) is 16.4 Å². The highest BCUT2D eigenvalue weighted by Crippen LogP contribution is 2.18. The molecule has 0 N–H and O–H groups in total. The molecule has 0 unspecified atom stereocenters. The van der Waals surface area contributed by atoms with Gasteiger partial charge in [0.25, 0.3) is 0 Å². The van der Waals surface area contributed by atoms with E-state index in [-0.39, 0.29) is 0 Å². The topological polar surface area (TPSA) is 52.8 Å². The van der Waals surface area contributed by atoms with E-state index < -0.39 is 0 Å². The Morgan fingerprint density at radius 1 is 1.47 bits per heavy atom. The minimum Gasteiger partial charge on any atom is -0.493 e. The number of ether oxygens (including phenoxy) is 1. The molecule has 0 aliphatic rings. The molecule has 7 heteroatoms. The fourth-order valence-electron chi connectivity index (χ4n) is 1.19. The first-order valence-electron chi connectivity index (χ1n) is 4.99. The van der Waals surface area contributed by atoms with Gasteiger partial charge in [-0.3, -0.25) is 0 Å². The second kappa shape index (κ2) is 6.02. The van der Waals surface area contributed by atoms with Crippen molar-refractivity contribution in [2.75, 3.05) is 12.4 Å². The van der Waals surface area contributed by atoms with E-state index in [0.717, 1.165) is 21.1 Å². The standard InChI is InChI=1S/C10H11BrN4OS/c1-15-10(12-13-14-15)17-6-5-16-9-4-2-3-8(11)7-9/h2-4,7H,5-6H2,1H3. The van der Waals surface area contributed by atoms with Crippen LogP contribution in [0.2, 0.25) is 0 Å². The van der Waals surface area contributed by atoms with Gasteiger partial charge in [0.05, 0.1) is 6.61 Å². The monoisotopic (exact) mass is 314 g/mol. The first-order valence-corrected chi connectivity index (χ1v) is 6.77. The predicted octanol–water partition coefficient (Wildman–Crippen LogP) is 2.14. The van der Waals surface area contributed by atoms with Crippen LogP contribution in [0.4, 0.5) is 0 Å². The number of nitrogens with zero attached hydrogens (tertiary/aromatic N) is 4. The second-order valence-electron chi connectivity index (χ2n) is 3.24. The second-order valence-corrected chi connectivity index (χ2v) is 5.22.